The molecule has 0 aliphatic carbocycles. The molecule has 0 aliphatic heterocycles. The molecule has 2 rings (SSSR count). The Morgan fingerprint density at radius 2 is 2.39 bits per heavy atom. The van der Waals surface area contributed by atoms with E-state index in [-0.39, 0.29) is 5.69 Å². The van der Waals surface area contributed by atoms with E-state index in [0.717, 1.165) is 5.01 Å². The van der Waals surface area contributed by atoms with Crippen LogP contribution in [0.4, 0.5) is 5.69 Å². The van der Waals surface area contributed by atoms with Gasteiger partial charge < -0.3 is 4.74 Å². The van der Waals surface area contributed by atoms with Crippen molar-refractivity contribution in [2.24, 2.45) is 0 Å². The number of pyridine rings is 1. The summed E-state index contributed by atoms with van der Waals surface area (Å²) in [5.74, 6) is 0. The number of aryl methyl sites for hydroxylation is 1. The summed E-state index contributed by atoms with van der Waals surface area (Å²) in [5, 5.41) is 11.8. The fraction of sp³-hybridized carbons (Fsp3) is 0.273. The third kappa shape index (κ3) is 2.30. The molecule has 0 radical (unpaired) electrons. The molecule has 7 heteroatoms. The number of aromatic nitrogens is 2. The van der Waals surface area contributed by atoms with Crippen molar-refractivity contribution in [3.8, 4) is 0 Å². The van der Waals surface area contributed by atoms with Crippen molar-refractivity contribution in [2.45, 2.75) is 13.8 Å². The Morgan fingerprint density at radius 3 is 3.06 bits per heavy atom. The molecule has 6 nitrogen and oxygen atoms in total. The van der Waals surface area contributed by atoms with Crippen molar-refractivity contribution in [1.29, 1.82) is 0 Å². The number of nitrogens with zero attached hydrogens (tertiary/aromatic N) is 3. The average molecular weight is 265 g/mol. The normalized spacial score (nSPS) is 11.2. The molecule has 94 valence electrons. The quantitative estimate of drug-likeness (QED) is 0.482. The van der Waals surface area contributed by atoms with Crippen molar-refractivity contribution in [2.75, 3.05) is 6.61 Å². The van der Waals surface area contributed by atoms with Crippen LogP contribution < -0.4 is 0 Å². The van der Waals surface area contributed by atoms with E-state index in [4.69, 9.17) is 4.74 Å². The third-order valence-corrected chi connectivity index (χ3v) is 3.12. The standard InChI is InChI=1S/C11H11N3O3S/c1-3-17-5-4-8-9(14(15)16)6-12-11-10(8)13-7(2)18-11/h4-6H,3H2,1-2H3. The van der Waals surface area contributed by atoms with E-state index in [9.17, 15) is 10.1 Å². The molecule has 0 saturated heterocycles. The van der Waals surface area contributed by atoms with Crippen LogP contribution in [0.3, 0.4) is 0 Å². The Hall–Kier alpha value is -2.02. The van der Waals surface area contributed by atoms with Gasteiger partial charge in [0.15, 0.2) is 0 Å². The molecule has 2 heterocycles. The summed E-state index contributed by atoms with van der Waals surface area (Å²) in [6, 6.07) is 0. The van der Waals surface area contributed by atoms with E-state index in [0.29, 0.717) is 22.5 Å². The number of hydrogen-bond acceptors (Lipinski definition) is 6. The van der Waals surface area contributed by atoms with E-state index >= 15 is 0 Å². The molecule has 0 aromatic carbocycles. The minimum atomic E-state index is -0.466. The lowest BCUT2D eigenvalue weighted by molar-refractivity contribution is -0.385. The Labute approximate surface area is 107 Å². The van der Waals surface area contributed by atoms with Gasteiger partial charge in [-0.15, -0.1) is 0 Å². The summed E-state index contributed by atoms with van der Waals surface area (Å²) in [5.41, 5.74) is 0.911. The summed E-state index contributed by atoms with van der Waals surface area (Å²) >= 11 is 1.41. The van der Waals surface area contributed by atoms with Gasteiger partial charge in [-0.2, -0.15) is 0 Å². The highest BCUT2D eigenvalue weighted by Gasteiger charge is 2.18. The van der Waals surface area contributed by atoms with Crippen LogP contribution >= 0.6 is 11.3 Å². The van der Waals surface area contributed by atoms with E-state index in [1.807, 2.05) is 13.8 Å². The second-order valence-corrected chi connectivity index (χ2v) is 4.64. The summed E-state index contributed by atoms with van der Waals surface area (Å²) < 4.78 is 5.08. The van der Waals surface area contributed by atoms with Crippen LogP contribution in [0.1, 0.15) is 17.5 Å². The second-order valence-electron chi connectivity index (χ2n) is 3.46. The van der Waals surface area contributed by atoms with Gasteiger partial charge in [-0.05, 0) is 19.9 Å². The van der Waals surface area contributed by atoms with Gasteiger partial charge in [0, 0.05) is 0 Å². The van der Waals surface area contributed by atoms with Crippen LogP contribution in [-0.2, 0) is 4.74 Å². The maximum atomic E-state index is 11.0. The number of thiazole rings is 1. The van der Waals surface area contributed by atoms with Gasteiger partial charge in [-0.1, -0.05) is 11.3 Å². The topological polar surface area (TPSA) is 78.2 Å². The van der Waals surface area contributed by atoms with Crippen molar-refractivity contribution >= 4 is 33.4 Å². The molecule has 0 unspecified atom stereocenters. The van der Waals surface area contributed by atoms with Crippen molar-refractivity contribution in [1.82, 2.24) is 9.97 Å². The van der Waals surface area contributed by atoms with Gasteiger partial charge in [-0.25, -0.2) is 9.97 Å². The number of nitro groups is 1. The van der Waals surface area contributed by atoms with Gasteiger partial charge in [0.25, 0.3) is 5.69 Å². The fourth-order valence-electron chi connectivity index (χ4n) is 1.51. The van der Waals surface area contributed by atoms with E-state index in [1.54, 1.807) is 6.08 Å². The Kier molecular flexibility index (Phi) is 3.52. The number of rotatable bonds is 4. The smallest absolute Gasteiger partial charge is 0.297 e. The molecule has 0 fully saturated rings. The third-order valence-electron chi connectivity index (χ3n) is 2.25. The van der Waals surface area contributed by atoms with Crippen LogP contribution in [0.2, 0.25) is 0 Å². The van der Waals surface area contributed by atoms with Crippen LogP contribution in [0.15, 0.2) is 12.5 Å². The summed E-state index contributed by atoms with van der Waals surface area (Å²) in [6.07, 6.45) is 4.26. The van der Waals surface area contributed by atoms with Crippen LogP contribution in [0.25, 0.3) is 16.4 Å². The first-order valence-electron chi connectivity index (χ1n) is 5.32. The van der Waals surface area contributed by atoms with Gasteiger partial charge in [0.05, 0.1) is 28.4 Å². The molecular formula is C11H11N3O3S. The number of fused-ring (bicyclic) bond motifs is 1. The molecule has 0 bridgehead atoms. The minimum Gasteiger partial charge on any atom is -0.501 e. The van der Waals surface area contributed by atoms with Gasteiger partial charge in [0.1, 0.15) is 16.5 Å². The minimum absolute atomic E-state index is 0.0660. The molecular weight excluding hydrogens is 254 g/mol. The van der Waals surface area contributed by atoms with Crippen LogP contribution in [0, 0.1) is 17.0 Å². The first-order valence-corrected chi connectivity index (χ1v) is 6.13. The predicted octanol–water partition coefficient (Wildman–Crippen LogP) is 2.92. The molecule has 18 heavy (non-hydrogen) atoms. The van der Waals surface area contributed by atoms with Gasteiger partial charge >= 0.3 is 0 Å². The van der Waals surface area contributed by atoms with E-state index in [2.05, 4.69) is 9.97 Å². The largest absolute Gasteiger partial charge is 0.501 e. The summed E-state index contributed by atoms with van der Waals surface area (Å²) in [4.78, 5) is 19.5. The first-order chi connectivity index (χ1) is 8.63. The van der Waals surface area contributed by atoms with Crippen molar-refractivity contribution in [3.63, 3.8) is 0 Å². The second kappa shape index (κ2) is 5.09. The zero-order chi connectivity index (χ0) is 13.1. The Morgan fingerprint density at radius 1 is 1.61 bits per heavy atom. The Bertz CT molecular complexity index is 621. The highest BCUT2D eigenvalue weighted by Crippen LogP contribution is 2.29. The molecule has 0 aliphatic rings. The SMILES string of the molecule is CCOC=Cc1c([N+](=O)[O-])cnc2sc(C)nc12. The molecule has 2 aromatic heterocycles. The maximum Gasteiger partial charge on any atom is 0.297 e. The van der Waals surface area contributed by atoms with Gasteiger partial charge in [0.2, 0.25) is 0 Å². The van der Waals surface area contributed by atoms with Crippen LogP contribution in [-0.4, -0.2) is 21.5 Å². The Balaban J connectivity index is 2.62. The van der Waals surface area contributed by atoms with Gasteiger partial charge in [-0.3, -0.25) is 10.1 Å². The summed E-state index contributed by atoms with van der Waals surface area (Å²) in [6.45, 7) is 4.19. The highest BCUT2D eigenvalue weighted by atomic mass is 32.1. The molecule has 2 aromatic rings. The molecule has 0 atom stereocenters. The zero-order valence-electron chi connectivity index (χ0n) is 9.91. The number of ether oxygens (including phenoxy) is 1. The maximum absolute atomic E-state index is 11.0. The molecule has 0 amide bonds. The predicted molar refractivity (Wildman–Crippen MR) is 69.5 cm³/mol. The van der Waals surface area contributed by atoms with E-state index < -0.39 is 4.92 Å². The summed E-state index contributed by atoms with van der Waals surface area (Å²) in [7, 11) is 0. The highest BCUT2D eigenvalue weighted by molar-refractivity contribution is 7.18. The lowest BCUT2D eigenvalue weighted by atomic mass is 10.2. The number of hydrogen-bond donors (Lipinski definition) is 0. The monoisotopic (exact) mass is 265 g/mol. The molecule has 0 spiro atoms. The van der Waals surface area contributed by atoms with Crippen molar-refractivity contribution in [3.05, 3.63) is 33.1 Å². The average Bonchev–Trinajstić information content (AvgIpc) is 2.69. The first kappa shape index (κ1) is 12.4. The lowest BCUT2D eigenvalue weighted by Crippen LogP contribution is -1.94. The zero-order valence-corrected chi connectivity index (χ0v) is 10.7. The van der Waals surface area contributed by atoms with E-state index in [1.165, 1.54) is 23.8 Å². The van der Waals surface area contributed by atoms with Crippen LogP contribution in [0.5, 0.6) is 0 Å². The van der Waals surface area contributed by atoms with Crippen molar-refractivity contribution < 1.29 is 9.66 Å². The fourth-order valence-corrected chi connectivity index (χ4v) is 2.29. The molecule has 0 saturated carbocycles. The molecule has 0 N–H and O–H groups in total. The lowest BCUT2D eigenvalue weighted by Gasteiger charge is -1.98.